The van der Waals surface area contributed by atoms with E-state index in [0.717, 1.165) is 5.92 Å². The minimum absolute atomic E-state index is 0.992. The fourth-order valence-electron chi connectivity index (χ4n) is 1.60. The van der Waals surface area contributed by atoms with Crippen LogP contribution in [-0.4, -0.2) is 4.43 Å². The van der Waals surface area contributed by atoms with Gasteiger partial charge in [0.2, 0.25) is 0 Å². The average Bonchev–Trinajstić information content (AvgIpc) is 2.17. The standard InChI is InChI=1S/C12H25I/c1-3-5-6-7-8-9-10-12(4-2)11-13/h12H,3-11H2,1-2H3. The van der Waals surface area contributed by atoms with Gasteiger partial charge in [-0.25, -0.2) is 0 Å². The predicted molar refractivity (Wildman–Crippen MR) is 70.7 cm³/mol. The lowest BCUT2D eigenvalue weighted by atomic mass is 10.00. The first-order valence-electron chi connectivity index (χ1n) is 5.91. The van der Waals surface area contributed by atoms with E-state index in [2.05, 4.69) is 36.4 Å². The maximum Gasteiger partial charge on any atom is 0.00236 e. The first-order chi connectivity index (χ1) is 6.35. The Bertz CT molecular complexity index is 87.1. The van der Waals surface area contributed by atoms with E-state index < -0.39 is 0 Å². The Hall–Kier alpha value is 0.730. The van der Waals surface area contributed by atoms with Gasteiger partial charge in [0.1, 0.15) is 0 Å². The van der Waals surface area contributed by atoms with Crippen molar-refractivity contribution in [2.75, 3.05) is 4.43 Å². The molecule has 0 aliphatic heterocycles. The summed E-state index contributed by atoms with van der Waals surface area (Å²) in [5.74, 6) is 0.992. The highest BCUT2D eigenvalue weighted by Gasteiger charge is 2.02. The quantitative estimate of drug-likeness (QED) is 0.312. The van der Waals surface area contributed by atoms with E-state index in [1.54, 1.807) is 0 Å². The molecule has 0 aromatic rings. The summed E-state index contributed by atoms with van der Waals surface area (Å²) in [5.41, 5.74) is 0. The predicted octanol–water partition coefficient (Wildman–Crippen LogP) is 5.20. The van der Waals surface area contributed by atoms with Gasteiger partial charge < -0.3 is 0 Å². The van der Waals surface area contributed by atoms with E-state index in [-0.39, 0.29) is 0 Å². The van der Waals surface area contributed by atoms with Crippen molar-refractivity contribution >= 4 is 22.6 Å². The topological polar surface area (TPSA) is 0 Å². The summed E-state index contributed by atoms with van der Waals surface area (Å²) in [7, 11) is 0. The van der Waals surface area contributed by atoms with Crippen LogP contribution in [0.5, 0.6) is 0 Å². The van der Waals surface area contributed by atoms with E-state index in [1.165, 1.54) is 55.8 Å². The molecule has 0 radical (unpaired) electrons. The van der Waals surface area contributed by atoms with E-state index >= 15 is 0 Å². The highest BCUT2D eigenvalue weighted by molar-refractivity contribution is 14.1. The van der Waals surface area contributed by atoms with Crippen LogP contribution in [0.3, 0.4) is 0 Å². The average molecular weight is 296 g/mol. The molecule has 0 bridgehead atoms. The summed E-state index contributed by atoms with van der Waals surface area (Å²) in [6, 6.07) is 0. The Morgan fingerprint density at radius 3 is 2.08 bits per heavy atom. The summed E-state index contributed by atoms with van der Waals surface area (Å²) < 4.78 is 1.35. The van der Waals surface area contributed by atoms with Crippen molar-refractivity contribution < 1.29 is 0 Å². The number of hydrogen-bond acceptors (Lipinski definition) is 0. The van der Waals surface area contributed by atoms with Crippen LogP contribution in [0.25, 0.3) is 0 Å². The number of hydrogen-bond donors (Lipinski definition) is 0. The summed E-state index contributed by atoms with van der Waals surface area (Å²) in [6.07, 6.45) is 11.5. The first-order valence-corrected chi connectivity index (χ1v) is 7.43. The van der Waals surface area contributed by atoms with E-state index in [4.69, 9.17) is 0 Å². The van der Waals surface area contributed by atoms with E-state index in [9.17, 15) is 0 Å². The van der Waals surface area contributed by atoms with Gasteiger partial charge in [0.05, 0.1) is 0 Å². The van der Waals surface area contributed by atoms with Crippen LogP contribution in [0.4, 0.5) is 0 Å². The number of unbranched alkanes of at least 4 members (excludes halogenated alkanes) is 5. The summed E-state index contributed by atoms with van der Waals surface area (Å²) >= 11 is 2.52. The second kappa shape index (κ2) is 10.8. The van der Waals surface area contributed by atoms with Gasteiger partial charge >= 0.3 is 0 Å². The Labute approximate surface area is 98.0 Å². The number of alkyl halides is 1. The molecule has 0 saturated heterocycles. The smallest absolute Gasteiger partial charge is 0.00236 e. The second-order valence-corrected chi connectivity index (χ2v) is 4.87. The lowest BCUT2D eigenvalue weighted by Gasteiger charge is -2.10. The van der Waals surface area contributed by atoms with Gasteiger partial charge in [0.25, 0.3) is 0 Å². The lowest BCUT2D eigenvalue weighted by Crippen LogP contribution is -1.99. The zero-order valence-corrected chi connectivity index (χ0v) is 11.5. The second-order valence-electron chi connectivity index (χ2n) is 3.99. The Morgan fingerprint density at radius 1 is 0.923 bits per heavy atom. The van der Waals surface area contributed by atoms with Crippen LogP contribution in [0.15, 0.2) is 0 Å². The minimum Gasteiger partial charge on any atom is -0.0861 e. The van der Waals surface area contributed by atoms with Crippen LogP contribution >= 0.6 is 22.6 Å². The third-order valence-corrected chi connectivity index (χ3v) is 4.01. The molecule has 0 aromatic carbocycles. The molecule has 1 heteroatoms. The van der Waals surface area contributed by atoms with Gasteiger partial charge in [-0.05, 0) is 12.3 Å². The first kappa shape index (κ1) is 13.7. The van der Waals surface area contributed by atoms with Gasteiger partial charge in [0, 0.05) is 4.43 Å². The van der Waals surface area contributed by atoms with Crippen LogP contribution in [0, 0.1) is 5.92 Å². The largest absolute Gasteiger partial charge is 0.0861 e. The van der Waals surface area contributed by atoms with E-state index in [0.29, 0.717) is 0 Å². The van der Waals surface area contributed by atoms with Crippen LogP contribution in [-0.2, 0) is 0 Å². The van der Waals surface area contributed by atoms with Crippen molar-refractivity contribution in [2.45, 2.75) is 65.2 Å². The molecule has 0 rings (SSSR count). The maximum atomic E-state index is 2.52. The SMILES string of the molecule is CCCCCCCCC(CC)CI. The van der Waals surface area contributed by atoms with Crippen molar-refractivity contribution in [3.8, 4) is 0 Å². The fraction of sp³-hybridized carbons (Fsp3) is 1.00. The highest BCUT2D eigenvalue weighted by Crippen LogP contribution is 2.16. The molecule has 0 fully saturated rings. The van der Waals surface area contributed by atoms with Gasteiger partial charge in [-0.2, -0.15) is 0 Å². The summed E-state index contributed by atoms with van der Waals surface area (Å²) in [6.45, 7) is 4.60. The fourth-order valence-corrected chi connectivity index (χ4v) is 2.67. The molecule has 1 unspecified atom stereocenters. The maximum absolute atomic E-state index is 2.52. The lowest BCUT2D eigenvalue weighted by molar-refractivity contribution is 0.483. The molecule has 0 aliphatic rings. The molecular weight excluding hydrogens is 271 g/mol. The molecule has 0 saturated carbocycles. The minimum atomic E-state index is 0.992. The van der Waals surface area contributed by atoms with Gasteiger partial charge in [-0.3, -0.25) is 0 Å². The van der Waals surface area contributed by atoms with Gasteiger partial charge in [-0.1, -0.05) is 81.4 Å². The molecular formula is C12H25I. The van der Waals surface area contributed by atoms with Crippen molar-refractivity contribution in [3.05, 3.63) is 0 Å². The van der Waals surface area contributed by atoms with Crippen molar-refractivity contribution in [2.24, 2.45) is 5.92 Å². The van der Waals surface area contributed by atoms with Gasteiger partial charge in [0.15, 0.2) is 0 Å². The molecule has 0 heterocycles. The normalized spacial score (nSPS) is 13.2. The van der Waals surface area contributed by atoms with Crippen molar-refractivity contribution in [1.82, 2.24) is 0 Å². The zero-order valence-electron chi connectivity index (χ0n) is 9.32. The Morgan fingerprint density at radius 2 is 1.54 bits per heavy atom. The molecule has 0 amide bonds. The van der Waals surface area contributed by atoms with Gasteiger partial charge in [-0.15, -0.1) is 0 Å². The third kappa shape index (κ3) is 9.04. The summed E-state index contributed by atoms with van der Waals surface area (Å²) in [5, 5.41) is 0. The monoisotopic (exact) mass is 296 g/mol. The van der Waals surface area contributed by atoms with Crippen molar-refractivity contribution in [3.63, 3.8) is 0 Å². The molecule has 80 valence electrons. The number of halogens is 1. The highest BCUT2D eigenvalue weighted by atomic mass is 127. The van der Waals surface area contributed by atoms with Crippen LogP contribution in [0.2, 0.25) is 0 Å². The zero-order chi connectivity index (χ0) is 9.94. The molecule has 0 aliphatic carbocycles. The number of rotatable bonds is 9. The third-order valence-electron chi connectivity index (χ3n) is 2.76. The van der Waals surface area contributed by atoms with Crippen molar-refractivity contribution in [1.29, 1.82) is 0 Å². The van der Waals surface area contributed by atoms with E-state index in [1.807, 2.05) is 0 Å². The van der Waals surface area contributed by atoms with Crippen LogP contribution in [0.1, 0.15) is 65.2 Å². The molecule has 0 spiro atoms. The Kier molecular flexibility index (Phi) is 11.4. The molecule has 0 N–H and O–H groups in total. The Balaban J connectivity index is 3.05. The molecule has 1 atom stereocenters. The molecule has 13 heavy (non-hydrogen) atoms. The molecule has 0 nitrogen and oxygen atoms in total. The van der Waals surface area contributed by atoms with Crippen LogP contribution < -0.4 is 0 Å². The summed E-state index contributed by atoms with van der Waals surface area (Å²) in [4.78, 5) is 0. The molecule has 0 aromatic heterocycles.